The molecule has 0 saturated heterocycles. The molecule has 30 heavy (non-hydrogen) atoms. The van der Waals surface area contributed by atoms with E-state index < -0.39 is 37.3 Å². The number of nitrogens with zero attached hydrogens (tertiary/aromatic N) is 1. The SMILES string of the molecule is CN(C)c1cccc2c(S(=O)(=O)O)cccc12.NCCOP(=O)(O)OCC(O)CO. The van der Waals surface area contributed by atoms with Gasteiger partial charge in [-0.05, 0) is 12.1 Å². The van der Waals surface area contributed by atoms with Gasteiger partial charge in [-0.1, -0.05) is 24.3 Å². The number of rotatable bonds is 9. The van der Waals surface area contributed by atoms with E-state index in [-0.39, 0.29) is 18.0 Å². The third-order valence-electron chi connectivity index (χ3n) is 3.63. The highest BCUT2D eigenvalue weighted by Gasteiger charge is 2.21. The Labute approximate surface area is 175 Å². The van der Waals surface area contributed by atoms with Crippen molar-refractivity contribution in [2.75, 3.05) is 45.4 Å². The molecule has 0 aromatic heterocycles. The molecule has 0 heterocycles. The minimum absolute atomic E-state index is 0.0568. The summed E-state index contributed by atoms with van der Waals surface area (Å²) in [4.78, 5) is 10.7. The number of fused-ring (bicyclic) bond motifs is 1. The topological polar surface area (TPSA) is 180 Å². The Morgan fingerprint density at radius 1 is 1.13 bits per heavy atom. The zero-order valence-electron chi connectivity index (χ0n) is 16.6. The van der Waals surface area contributed by atoms with Crippen LogP contribution in [-0.2, 0) is 23.7 Å². The molecular formula is C17H27N2O9PS. The third kappa shape index (κ3) is 8.26. The van der Waals surface area contributed by atoms with E-state index in [9.17, 15) is 17.5 Å². The number of hydrogen-bond acceptors (Lipinski definition) is 9. The molecule has 0 aliphatic carbocycles. The number of benzene rings is 2. The monoisotopic (exact) mass is 466 g/mol. The lowest BCUT2D eigenvalue weighted by atomic mass is 10.1. The lowest BCUT2D eigenvalue weighted by Crippen LogP contribution is -2.19. The van der Waals surface area contributed by atoms with Gasteiger partial charge in [0.05, 0.1) is 19.8 Å². The van der Waals surface area contributed by atoms with E-state index in [0.29, 0.717) is 5.39 Å². The maximum atomic E-state index is 11.3. The molecule has 2 aromatic rings. The maximum absolute atomic E-state index is 11.3. The molecule has 0 spiro atoms. The molecular weight excluding hydrogens is 439 g/mol. The van der Waals surface area contributed by atoms with Gasteiger partial charge in [-0.2, -0.15) is 8.42 Å². The van der Waals surface area contributed by atoms with Crippen molar-refractivity contribution in [2.45, 2.75) is 11.0 Å². The highest BCUT2D eigenvalue weighted by atomic mass is 32.2. The molecule has 6 N–H and O–H groups in total. The van der Waals surface area contributed by atoms with Gasteiger partial charge in [-0.3, -0.25) is 13.6 Å². The molecule has 0 radical (unpaired) electrons. The van der Waals surface area contributed by atoms with Crippen molar-refractivity contribution in [3.05, 3.63) is 36.4 Å². The Morgan fingerprint density at radius 3 is 2.27 bits per heavy atom. The number of aliphatic hydroxyl groups is 2. The molecule has 0 fully saturated rings. The summed E-state index contributed by atoms with van der Waals surface area (Å²) in [5.74, 6) is 0. The second kappa shape index (κ2) is 11.7. The van der Waals surface area contributed by atoms with E-state index in [1.807, 2.05) is 31.1 Å². The lowest BCUT2D eigenvalue weighted by molar-refractivity contribution is 0.0367. The van der Waals surface area contributed by atoms with E-state index in [0.717, 1.165) is 11.1 Å². The molecule has 2 aromatic carbocycles. The van der Waals surface area contributed by atoms with Gasteiger partial charge in [-0.15, -0.1) is 0 Å². The van der Waals surface area contributed by atoms with Crippen LogP contribution in [0.2, 0.25) is 0 Å². The summed E-state index contributed by atoms with van der Waals surface area (Å²) in [6.07, 6.45) is -1.19. The van der Waals surface area contributed by atoms with Crippen LogP contribution >= 0.6 is 7.82 Å². The fourth-order valence-corrected chi connectivity index (χ4v) is 3.80. The van der Waals surface area contributed by atoms with E-state index in [2.05, 4.69) is 9.05 Å². The zero-order valence-corrected chi connectivity index (χ0v) is 18.3. The molecule has 13 heteroatoms. The van der Waals surface area contributed by atoms with Gasteiger partial charge < -0.3 is 25.7 Å². The molecule has 0 bridgehead atoms. The van der Waals surface area contributed by atoms with Gasteiger partial charge in [0.25, 0.3) is 10.1 Å². The van der Waals surface area contributed by atoms with Gasteiger partial charge in [-0.25, -0.2) is 4.57 Å². The van der Waals surface area contributed by atoms with Crippen molar-refractivity contribution >= 4 is 34.4 Å². The van der Waals surface area contributed by atoms with Crippen molar-refractivity contribution in [3.8, 4) is 0 Å². The maximum Gasteiger partial charge on any atom is 0.472 e. The summed E-state index contributed by atoms with van der Waals surface area (Å²) in [6, 6.07) is 10.2. The molecule has 2 rings (SSSR count). The fraction of sp³-hybridized carbons (Fsp3) is 0.412. The first-order valence-electron chi connectivity index (χ1n) is 8.70. The second-order valence-electron chi connectivity index (χ2n) is 6.22. The molecule has 0 saturated carbocycles. The summed E-state index contributed by atoms with van der Waals surface area (Å²) < 4.78 is 51.2. The Bertz CT molecular complexity index is 969. The minimum atomic E-state index is -4.19. The minimum Gasteiger partial charge on any atom is -0.394 e. The van der Waals surface area contributed by atoms with Gasteiger partial charge >= 0.3 is 7.82 Å². The van der Waals surface area contributed by atoms with Crippen LogP contribution in [0.1, 0.15) is 0 Å². The van der Waals surface area contributed by atoms with Crippen LogP contribution in [0.3, 0.4) is 0 Å². The van der Waals surface area contributed by atoms with E-state index in [1.165, 1.54) is 6.07 Å². The van der Waals surface area contributed by atoms with Crippen LogP contribution in [0.4, 0.5) is 5.69 Å². The predicted molar refractivity (Wildman–Crippen MR) is 112 cm³/mol. The molecule has 11 nitrogen and oxygen atoms in total. The average molecular weight is 466 g/mol. The molecule has 2 atom stereocenters. The number of aliphatic hydroxyl groups excluding tert-OH is 2. The highest BCUT2D eigenvalue weighted by Crippen LogP contribution is 2.42. The van der Waals surface area contributed by atoms with Crippen LogP contribution < -0.4 is 10.6 Å². The first-order valence-corrected chi connectivity index (χ1v) is 11.6. The van der Waals surface area contributed by atoms with Crippen molar-refractivity contribution in [1.82, 2.24) is 0 Å². The average Bonchev–Trinajstić information content (AvgIpc) is 2.69. The summed E-state index contributed by atoms with van der Waals surface area (Å²) in [5, 5.41) is 18.4. The Kier molecular flexibility index (Phi) is 10.3. The largest absolute Gasteiger partial charge is 0.472 e. The van der Waals surface area contributed by atoms with Crippen molar-refractivity contribution < 1.29 is 41.7 Å². The lowest BCUT2D eigenvalue weighted by Gasteiger charge is -2.16. The van der Waals surface area contributed by atoms with E-state index in [4.69, 9.17) is 20.8 Å². The van der Waals surface area contributed by atoms with Crippen LogP contribution in [0.5, 0.6) is 0 Å². The second-order valence-corrected chi connectivity index (χ2v) is 9.06. The molecule has 0 aliphatic heterocycles. The predicted octanol–water partition coefficient (Wildman–Crippen LogP) is 0.584. The number of hydrogen-bond donors (Lipinski definition) is 5. The summed E-state index contributed by atoms with van der Waals surface area (Å²) in [5.41, 5.74) is 5.93. The van der Waals surface area contributed by atoms with Crippen molar-refractivity contribution in [1.29, 1.82) is 0 Å². The zero-order chi connectivity index (χ0) is 22.9. The Morgan fingerprint density at radius 2 is 1.73 bits per heavy atom. The number of phosphoric acid groups is 1. The number of phosphoric ester groups is 1. The van der Waals surface area contributed by atoms with Gasteiger partial charge in [0.1, 0.15) is 11.0 Å². The van der Waals surface area contributed by atoms with E-state index in [1.54, 1.807) is 18.2 Å². The van der Waals surface area contributed by atoms with E-state index >= 15 is 0 Å². The first-order chi connectivity index (χ1) is 13.9. The quantitative estimate of drug-likeness (QED) is 0.258. The number of anilines is 1. The Balaban J connectivity index is 0.000000314. The smallest absolute Gasteiger partial charge is 0.394 e. The molecule has 2 unspecified atom stereocenters. The number of nitrogens with two attached hydrogens (primary N) is 1. The summed E-state index contributed by atoms with van der Waals surface area (Å²) in [6.45, 7) is -1.02. The highest BCUT2D eigenvalue weighted by molar-refractivity contribution is 7.86. The van der Waals surface area contributed by atoms with Crippen LogP contribution in [0.15, 0.2) is 41.3 Å². The van der Waals surface area contributed by atoms with Crippen molar-refractivity contribution in [3.63, 3.8) is 0 Å². The van der Waals surface area contributed by atoms with Gasteiger partial charge in [0.2, 0.25) is 0 Å². The Hall–Kier alpha value is -1.60. The third-order valence-corrected chi connectivity index (χ3v) is 5.53. The van der Waals surface area contributed by atoms with Crippen LogP contribution in [-0.4, -0.2) is 74.6 Å². The fourth-order valence-electron chi connectivity index (χ4n) is 2.32. The van der Waals surface area contributed by atoms with Gasteiger partial charge in [0, 0.05) is 37.1 Å². The molecule has 0 amide bonds. The molecule has 0 aliphatic rings. The van der Waals surface area contributed by atoms with Crippen LogP contribution in [0, 0.1) is 0 Å². The normalized spacial score (nSPS) is 14.5. The standard InChI is InChI=1S/C12H13NO3S.C5H14NO6P/c1-13(2)11-7-3-6-10-9(11)5-4-8-12(10)17(14,15)16;6-1-2-11-13(9,10)12-4-5(8)3-7/h3-8H,1-2H3,(H,14,15,16);5,7-8H,1-4,6H2,(H,9,10). The summed E-state index contributed by atoms with van der Waals surface area (Å²) in [7, 11) is -4.55. The van der Waals surface area contributed by atoms with Crippen molar-refractivity contribution in [2.24, 2.45) is 5.73 Å². The first kappa shape index (κ1) is 26.4. The molecule has 170 valence electrons. The summed E-state index contributed by atoms with van der Waals surface area (Å²) >= 11 is 0. The van der Waals surface area contributed by atoms with Gasteiger partial charge in [0.15, 0.2) is 0 Å². The van der Waals surface area contributed by atoms with Crippen LogP contribution in [0.25, 0.3) is 10.8 Å².